The molecule has 1 nitrogen and oxygen atoms in total. The Morgan fingerprint density at radius 1 is 1.10 bits per heavy atom. The van der Waals surface area contributed by atoms with Gasteiger partial charge >= 0.3 is 0 Å². The minimum atomic E-state index is 0.181. The van der Waals surface area contributed by atoms with Gasteiger partial charge < -0.3 is 0 Å². The Bertz CT molecular complexity index is 828. The van der Waals surface area contributed by atoms with Gasteiger partial charge in [-0.3, -0.25) is 4.79 Å². The Morgan fingerprint density at radius 3 is 2.60 bits per heavy atom. The third-order valence-electron chi connectivity index (χ3n) is 3.66. The van der Waals surface area contributed by atoms with E-state index < -0.39 is 0 Å². The highest BCUT2D eigenvalue weighted by Gasteiger charge is 2.10. The highest BCUT2D eigenvalue weighted by atomic mass is 16.1. The summed E-state index contributed by atoms with van der Waals surface area (Å²) in [4.78, 5) is 11.5. The number of fused-ring (bicyclic) bond motifs is 2. The molecule has 0 spiro atoms. The summed E-state index contributed by atoms with van der Waals surface area (Å²) in [5, 5.41) is 4.70. The lowest BCUT2D eigenvalue weighted by Crippen LogP contribution is -1.98. The molecule has 0 aliphatic rings. The van der Waals surface area contributed by atoms with E-state index in [4.69, 9.17) is 0 Å². The maximum absolute atomic E-state index is 11.5. The summed E-state index contributed by atoms with van der Waals surface area (Å²) >= 11 is 0. The van der Waals surface area contributed by atoms with Crippen LogP contribution in [0.2, 0.25) is 0 Å². The van der Waals surface area contributed by atoms with Gasteiger partial charge in [-0.15, -0.1) is 0 Å². The number of rotatable bonds is 3. The fourth-order valence-electron chi connectivity index (χ4n) is 2.87. The van der Waals surface area contributed by atoms with Crippen LogP contribution in [0.3, 0.4) is 0 Å². The Hall–Kier alpha value is -2.41. The number of Topliss-reactive ketones (excluding diaryl/α,β-unsaturated/α-hetero) is 1. The Morgan fingerprint density at radius 2 is 1.85 bits per heavy atom. The molecule has 3 aromatic rings. The molecular formula is C19H16O. The first kappa shape index (κ1) is 12.6. The first-order chi connectivity index (χ1) is 9.70. The summed E-state index contributed by atoms with van der Waals surface area (Å²) in [6.07, 6.45) is 2.37. The second-order valence-electron chi connectivity index (χ2n) is 5.11. The van der Waals surface area contributed by atoms with E-state index in [9.17, 15) is 4.79 Å². The SMILES string of the molecule is C=Cc1c2ccccc2cc2cccc(CC(C)=O)c12. The zero-order valence-electron chi connectivity index (χ0n) is 11.5. The van der Waals surface area contributed by atoms with Crippen molar-refractivity contribution >= 4 is 33.4 Å². The largest absolute Gasteiger partial charge is 0.300 e. The van der Waals surface area contributed by atoms with Gasteiger partial charge in [-0.05, 0) is 45.7 Å². The van der Waals surface area contributed by atoms with Gasteiger partial charge in [0.25, 0.3) is 0 Å². The molecule has 0 saturated heterocycles. The topological polar surface area (TPSA) is 17.1 Å². The average Bonchev–Trinajstić information content (AvgIpc) is 2.44. The molecule has 0 aromatic heterocycles. The van der Waals surface area contributed by atoms with E-state index in [0.29, 0.717) is 6.42 Å². The van der Waals surface area contributed by atoms with E-state index in [2.05, 4.69) is 30.8 Å². The van der Waals surface area contributed by atoms with Crippen LogP contribution in [0.15, 0.2) is 55.1 Å². The maximum Gasteiger partial charge on any atom is 0.134 e. The lowest BCUT2D eigenvalue weighted by Gasteiger charge is -2.12. The molecule has 0 fully saturated rings. The molecule has 0 aliphatic heterocycles. The van der Waals surface area contributed by atoms with Crippen molar-refractivity contribution in [2.24, 2.45) is 0 Å². The number of hydrogen-bond acceptors (Lipinski definition) is 1. The van der Waals surface area contributed by atoms with Crippen molar-refractivity contribution in [3.8, 4) is 0 Å². The second kappa shape index (κ2) is 4.93. The highest BCUT2D eigenvalue weighted by Crippen LogP contribution is 2.31. The van der Waals surface area contributed by atoms with E-state index in [0.717, 1.165) is 21.9 Å². The second-order valence-corrected chi connectivity index (χ2v) is 5.11. The van der Waals surface area contributed by atoms with Gasteiger partial charge in [0, 0.05) is 6.42 Å². The van der Waals surface area contributed by atoms with Crippen molar-refractivity contribution in [1.29, 1.82) is 0 Å². The third kappa shape index (κ3) is 2.01. The summed E-state index contributed by atoms with van der Waals surface area (Å²) in [7, 11) is 0. The zero-order valence-corrected chi connectivity index (χ0v) is 11.5. The fourth-order valence-corrected chi connectivity index (χ4v) is 2.87. The number of ketones is 1. The molecule has 0 heterocycles. The van der Waals surface area contributed by atoms with Gasteiger partial charge in [0.1, 0.15) is 5.78 Å². The summed E-state index contributed by atoms with van der Waals surface area (Å²) in [5.74, 6) is 0.181. The van der Waals surface area contributed by atoms with Crippen molar-refractivity contribution in [2.75, 3.05) is 0 Å². The smallest absolute Gasteiger partial charge is 0.134 e. The van der Waals surface area contributed by atoms with Gasteiger partial charge in [0.05, 0.1) is 0 Å². The molecule has 3 aromatic carbocycles. The van der Waals surface area contributed by atoms with Crippen LogP contribution >= 0.6 is 0 Å². The highest BCUT2D eigenvalue weighted by molar-refractivity contribution is 6.08. The first-order valence-electron chi connectivity index (χ1n) is 6.76. The molecule has 0 radical (unpaired) electrons. The minimum absolute atomic E-state index is 0.181. The quantitative estimate of drug-likeness (QED) is 0.620. The predicted octanol–water partition coefficient (Wildman–Crippen LogP) is 4.77. The fraction of sp³-hybridized carbons (Fsp3) is 0.105. The normalized spacial score (nSPS) is 10.8. The van der Waals surface area contributed by atoms with Crippen molar-refractivity contribution < 1.29 is 4.79 Å². The van der Waals surface area contributed by atoms with Gasteiger partial charge in [0.2, 0.25) is 0 Å². The molecule has 98 valence electrons. The molecule has 0 aliphatic carbocycles. The Labute approximate surface area is 118 Å². The van der Waals surface area contributed by atoms with E-state index in [1.54, 1.807) is 6.92 Å². The molecule has 1 heteroatoms. The molecule has 20 heavy (non-hydrogen) atoms. The molecule has 0 saturated carbocycles. The molecule has 0 amide bonds. The summed E-state index contributed by atoms with van der Waals surface area (Å²) < 4.78 is 0. The van der Waals surface area contributed by atoms with Crippen LogP contribution in [-0.4, -0.2) is 5.78 Å². The number of carbonyl (C=O) groups excluding carboxylic acids is 1. The minimum Gasteiger partial charge on any atom is -0.300 e. The van der Waals surface area contributed by atoms with E-state index in [-0.39, 0.29) is 5.78 Å². The maximum atomic E-state index is 11.5. The van der Waals surface area contributed by atoms with Crippen molar-refractivity contribution in [1.82, 2.24) is 0 Å². The van der Waals surface area contributed by atoms with Crippen LogP contribution in [0.4, 0.5) is 0 Å². The predicted molar refractivity (Wildman–Crippen MR) is 85.9 cm³/mol. The van der Waals surface area contributed by atoms with Crippen LogP contribution in [-0.2, 0) is 11.2 Å². The number of benzene rings is 3. The van der Waals surface area contributed by atoms with Crippen LogP contribution in [0.25, 0.3) is 27.6 Å². The molecule has 3 rings (SSSR count). The van der Waals surface area contributed by atoms with Crippen LogP contribution in [0, 0.1) is 0 Å². The van der Waals surface area contributed by atoms with Crippen LogP contribution in [0.5, 0.6) is 0 Å². The van der Waals surface area contributed by atoms with Gasteiger partial charge in [-0.2, -0.15) is 0 Å². The van der Waals surface area contributed by atoms with Gasteiger partial charge in [-0.1, -0.05) is 55.1 Å². The van der Waals surface area contributed by atoms with Crippen molar-refractivity contribution in [3.05, 3.63) is 66.2 Å². The Kier molecular flexibility index (Phi) is 3.11. The molecule has 0 unspecified atom stereocenters. The summed E-state index contributed by atoms with van der Waals surface area (Å²) in [6.45, 7) is 5.60. The van der Waals surface area contributed by atoms with Crippen LogP contribution < -0.4 is 0 Å². The third-order valence-corrected chi connectivity index (χ3v) is 3.66. The molecule has 0 N–H and O–H groups in total. The monoisotopic (exact) mass is 260 g/mol. The van der Waals surface area contributed by atoms with E-state index in [1.807, 2.05) is 30.3 Å². The summed E-state index contributed by atoms with van der Waals surface area (Å²) in [5.41, 5.74) is 2.20. The van der Waals surface area contributed by atoms with Gasteiger partial charge in [0.15, 0.2) is 0 Å². The number of carbonyl (C=O) groups is 1. The molecular weight excluding hydrogens is 244 g/mol. The van der Waals surface area contributed by atoms with Crippen molar-refractivity contribution in [2.45, 2.75) is 13.3 Å². The first-order valence-corrected chi connectivity index (χ1v) is 6.76. The summed E-state index contributed by atoms with van der Waals surface area (Å²) in [6, 6.07) is 16.6. The van der Waals surface area contributed by atoms with E-state index in [1.165, 1.54) is 10.8 Å². The lowest BCUT2D eigenvalue weighted by molar-refractivity contribution is -0.116. The molecule has 0 atom stereocenters. The van der Waals surface area contributed by atoms with Crippen LogP contribution in [0.1, 0.15) is 18.1 Å². The Balaban J connectivity index is 2.47. The van der Waals surface area contributed by atoms with Crippen molar-refractivity contribution in [3.63, 3.8) is 0 Å². The average molecular weight is 260 g/mol. The van der Waals surface area contributed by atoms with Gasteiger partial charge in [-0.25, -0.2) is 0 Å². The van der Waals surface area contributed by atoms with E-state index >= 15 is 0 Å². The zero-order chi connectivity index (χ0) is 14.1. The molecule has 0 bridgehead atoms. The number of hydrogen-bond donors (Lipinski definition) is 0. The lowest BCUT2D eigenvalue weighted by atomic mass is 9.92. The standard InChI is InChI=1S/C19H16O/c1-3-17-18-10-5-4-7-14(18)12-16-9-6-8-15(19(16)17)11-13(2)20/h3-10,12H,1,11H2,2H3.